The number of carbonyl (C=O) groups excluding carboxylic acids is 2. The summed E-state index contributed by atoms with van der Waals surface area (Å²) in [5.41, 5.74) is 0. The van der Waals surface area contributed by atoms with E-state index in [1.165, 1.54) is 0 Å². The minimum absolute atomic E-state index is 0.124. The molecule has 11 heavy (non-hydrogen) atoms. The number of hydrogen-bond donors (Lipinski definition) is 3. The summed E-state index contributed by atoms with van der Waals surface area (Å²) >= 11 is 0. The van der Waals surface area contributed by atoms with E-state index < -0.39 is 0 Å². The maximum absolute atomic E-state index is 10.6. The van der Waals surface area contributed by atoms with Crippen LogP contribution in [-0.2, 0) is 4.79 Å². The maximum atomic E-state index is 10.6. The molecule has 5 heteroatoms. The molecule has 3 amide bonds. The molecule has 0 aliphatic carbocycles. The fraction of sp³-hybridized carbons (Fsp3) is 0.667. The van der Waals surface area contributed by atoms with E-state index in [1.54, 1.807) is 0 Å². The first-order valence-corrected chi connectivity index (χ1v) is 3.54. The van der Waals surface area contributed by atoms with Crippen molar-refractivity contribution in [3.05, 3.63) is 0 Å². The maximum Gasteiger partial charge on any atom is 0.315 e. The summed E-state index contributed by atoms with van der Waals surface area (Å²) in [7, 11) is 0. The molecule has 0 spiro atoms. The third-order valence-electron chi connectivity index (χ3n) is 1.56. The number of amides is 3. The van der Waals surface area contributed by atoms with Crippen molar-refractivity contribution in [2.75, 3.05) is 13.1 Å². The standard InChI is InChI=1S/C6H11N3O2/c10-4-7-2-1-5-3-8-6(11)9-5/h4-5H,1-3H2,(H,7,10)(H2,8,9,11). The van der Waals surface area contributed by atoms with Gasteiger partial charge in [0.25, 0.3) is 0 Å². The van der Waals surface area contributed by atoms with Gasteiger partial charge in [-0.15, -0.1) is 0 Å². The van der Waals surface area contributed by atoms with Gasteiger partial charge in [-0.2, -0.15) is 0 Å². The van der Waals surface area contributed by atoms with Gasteiger partial charge < -0.3 is 16.0 Å². The van der Waals surface area contributed by atoms with Crippen LogP contribution in [0.3, 0.4) is 0 Å². The fourth-order valence-corrected chi connectivity index (χ4v) is 0.994. The normalized spacial score (nSPS) is 22.2. The summed E-state index contributed by atoms with van der Waals surface area (Å²) in [4.78, 5) is 20.4. The van der Waals surface area contributed by atoms with E-state index in [1.807, 2.05) is 0 Å². The van der Waals surface area contributed by atoms with Gasteiger partial charge >= 0.3 is 6.03 Å². The predicted molar refractivity (Wildman–Crippen MR) is 39.0 cm³/mol. The van der Waals surface area contributed by atoms with Gasteiger partial charge in [0.05, 0.1) is 0 Å². The highest BCUT2D eigenvalue weighted by molar-refractivity contribution is 5.76. The summed E-state index contributed by atoms with van der Waals surface area (Å²) in [6.45, 7) is 1.26. The van der Waals surface area contributed by atoms with Gasteiger partial charge in [-0.25, -0.2) is 4.79 Å². The van der Waals surface area contributed by atoms with E-state index in [0.717, 1.165) is 6.42 Å². The van der Waals surface area contributed by atoms with Crippen molar-refractivity contribution in [1.29, 1.82) is 0 Å². The van der Waals surface area contributed by atoms with E-state index in [-0.39, 0.29) is 12.1 Å². The molecule has 0 bridgehead atoms. The topological polar surface area (TPSA) is 70.2 Å². The first kappa shape index (κ1) is 7.84. The van der Waals surface area contributed by atoms with Crippen molar-refractivity contribution in [3.63, 3.8) is 0 Å². The van der Waals surface area contributed by atoms with E-state index in [4.69, 9.17) is 0 Å². The zero-order valence-corrected chi connectivity index (χ0v) is 6.09. The van der Waals surface area contributed by atoms with Gasteiger partial charge in [0, 0.05) is 19.1 Å². The molecule has 3 N–H and O–H groups in total. The Bertz CT molecular complexity index is 160. The highest BCUT2D eigenvalue weighted by Crippen LogP contribution is 1.94. The molecule has 62 valence electrons. The van der Waals surface area contributed by atoms with Crippen LogP contribution >= 0.6 is 0 Å². The molecule has 5 nitrogen and oxygen atoms in total. The van der Waals surface area contributed by atoms with Crippen LogP contribution < -0.4 is 16.0 Å². The van der Waals surface area contributed by atoms with Gasteiger partial charge in [0.2, 0.25) is 6.41 Å². The van der Waals surface area contributed by atoms with Gasteiger partial charge in [-0.05, 0) is 6.42 Å². The highest BCUT2D eigenvalue weighted by Gasteiger charge is 2.18. The van der Waals surface area contributed by atoms with Crippen molar-refractivity contribution in [2.45, 2.75) is 12.5 Å². The summed E-state index contributed by atoms with van der Waals surface area (Å²) < 4.78 is 0. The first-order valence-electron chi connectivity index (χ1n) is 3.54. The zero-order valence-electron chi connectivity index (χ0n) is 6.09. The molecule has 1 atom stereocenters. The van der Waals surface area contributed by atoms with Crippen molar-refractivity contribution in [3.8, 4) is 0 Å². The summed E-state index contributed by atoms with van der Waals surface area (Å²) in [6, 6.07) is 0.0380. The number of urea groups is 1. The highest BCUT2D eigenvalue weighted by atomic mass is 16.2. The van der Waals surface area contributed by atoms with Gasteiger partial charge in [-0.1, -0.05) is 0 Å². The Hall–Kier alpha value is -1.26. The van der Waals surface area contributed by atoms with Crippen molar-refractivity contribution in [1.82, 2.24) is 16.0 Å². The molecule has 0 radical (unpaired) electrons. The molecule has 1 unspecified atom stereocenters. The second-order valence-corrected chi connectivity index (χ2v) is 2.41. The minimum Gasteiger partial charge on any atom is -0.359 e. The molecule has 1 saturated heterocycles. The Labute approximate surface area is 64.5 Å². The van der Waals surface area contributed by atoms with Crippen LogP contribution in [0.4, 0.5) is 4.79 Å². The van der Waals surface area contributed by atoms with Crippen LogP contribution in [0.2, 0.25) is 0 Å². The van der Waals surface area contributed by atoms with E-state index in [9.17, 15) is 9.59 Å². The van der Waals surface area contributed by atoms with Crippen molar-refractivity contribution in [2.24, 2.45) is 0 Å². The number of carbonyl (C=O) groups is 2. The molecule has 0 aromatic carbocycles. The van der Waals surface area contributed by atoms with Crippen LogP contribution in [0.25, 0.3) is 0 Å². The smallest absolute Gasteiger partial charge is 0.315 e. The van der Waals surface area contributed by atoms with E-state index >= 15 is 0 Å². The molecular formula is C6H11N3O2. The second-order valence-electron chi connectivity index (χ2n) is 2.41. The Morgan fingerprint density at radius 3 is 3.09 bits per heavy atom. The monoisotopic (exact) mass is 157 g/mol. The largest absolute Gasteiger partial charge is 0.359 e. The van der Waals surface area contributed by atoms with Gasteiger partial charge in [0.15, 0.2) is 0 Å². The van der Waals surface area contributed by atoms with E-state index in [0.29, 0.717) is 19.5 Å². The summed E-state index contributed by atoms with van der Waals surface area (Å²) in [6.07, 6.45) is 1.43. The van der Waals surface area contributed by atoms with Gasteiger partial charge in [0.1, 0.15) is 0 Å². The Morgan fingerprint density at radius 2 is 2.55 bits per heavy atom. The Balaban J connectivity index is 2.08. The van der Waals surface area contributed by atoms with E-state index in [2.05, 4.69) is 16.0 Å². The molecule has 0 aromatic heterocycles. The lowest BCUT2D eigenvalue weighted by Gasteiger charge is -2.06. The number of rotatable bonds is 4. The number of nitrogens with one attached hydrogen (secondary N) is 3. The lowest BCUT2D eigenvalue weighted by molar-refractivity contribution is -0.109. The third kappa shape index (κ3) is 2.45. The SMILES string of the molecule is O=CNCCC1CNC(=O)N1. The first-order chi connectivity index (χ1) is 5.33. The molecular weight excluding hydrogens is 146 g/mol. The van der Waals surface area contributed by atoms with Crippen LogP contribution in [-0.4, -0.2) is 31.6 Å². The fourth-order valence-electron chi connectivity index (χ4n) is 0.994. The Kier molecular flexibility index (Phi) is 2.71. The minimum atomic E-state index is -0.124. The second kappa shape index (κ2) is 3.80. The molecule has 1 rings (SSSR count). The molecule has 0 saturated carbocycles. The summed E-state index contributed by atoms with van der Waals surface area (Å²) in [5, 5.41) is 7.87. The predicted octanol–water partition coefficient (Wildman–Crippen LogP) is -1.20. The van der Waals surface area contributed by atoms with Crippen molar-refractivity contribution >= 4 is 12.4 Å². The summed E-state index contributed by atoms with van der Waals surface area (Å²) in [5.74, 6) is 0. The average Bonchev–Trinajstić information content (AvgIpc) is 2.37. The van der Waals surface area contributed by atoms with Crippen molar-refractivity contribution < 1.29 is 9.59 Å². The molecule has 1 heterocycles. The third-order valence-corrected chi connectivity index (χ3v) is 1.56. The van der Waals surface area contributed by atoms with Crippen LogP contribution in [0, 0.1) is 0 Å². The Morgan fingerprint density at radius 1 is 1.73 bits per heavy atom. The lowest BCUT2D eigenvalue weighted by Crippen LogP contribution is -2.30. The molecule has 1 aliphatic rings. The quantitative estimate of drug-likeness (QED) is 0.354. The molecule has 1 fully saturated rings. The van der Waals surface area contributed by atoms with Crippen LogP contribution in [0.15, 0.2) is 0 Å². The molecule has 0 aromatic rings. The van der Waals surface area contributed by atoms with Crippen LogP contribution in [0.5, 0.6) is 0 Å². The molecule has 1 aliphatic heterocycles. The average molecular weight is 157 g/mol. The van der Waals surface area contributed by atoms with Gasteiger partial charge in [-0.3, -0.25) is 4.79 Å². The lowest BCUT2D eigenvalue weighted by atomic mass is 10.2. The zero-order chi connectivity index (χ0) is 8.10. The van der Waals surface area contributed by atoms with Crippen LogP contribution in [0.1, 0.15) is 6.42 Å². The number of hydrogen-bond acceptors (Lipinski definition) is 2.